The van der Waals surface area contributed by atoms with Gasteiger partial charge < -0.3 is 5.32 Å². The lowest BCUT2D eigenvalue weighted by Gasteiger charge is -2.30. The summed E-state index contributed by atoms with van der Waals surface area (Å²) in [5.74, 6) is 0. The molecule has 0 aromatic heterocycles. The first-order valence-electron chi connectivity index (χ1n) is 7.09. The van der Waals surface area contributed by atoms with Gasteiger partial charge in [0.25, 0.3) is 0 Å². The Bertz CT molecular complexity index is 386. The van der Waals surface area contributed by atoms with E-state index in [-0.39, 0.29) is 0 Å². The smallest absolute Gasteiger partial charge is 0.0408 e. The Balaban J connectivity index is 1.98. The second kappa shape index (κ2) is 6.08. The van der Waals surface area contributed by atoms with E-state index in [1.165, 1.54) is 31.2 Å². The molecule has 1 fully saturated rings. The first-order valence-corrected chi connectivity index (χ1v) is 7.47. The molecule has 1 unspecified atom stereocenters. The molecular formula is C16H24ClN. The van der Waals surface area contributed by atoms with Gasteiger partial charge in [-0.2, -0.15) is 0 Å². The Kier molecular flexibility index (Phi) is 4.69. The highest BCUT2D eigenvalue weighted by molar-refractivity contribution is 6.30. The molecule has 2 heteroatoms. The van der Waals surface area contributed by atoms with Gasteiger partial charge in [-0.3, -0.25) is 0 Å². The van der Waals surface area contributed by atoms with Crippen LogP contribution >= 0.6 is 11.6 Å². The molecule has 1 aliphatic carbocycles. The zero-order valence-electron chi connectivity index (χ0n) is 11.5. The highest BCUT2D eigenvalue weighted by Gasteiger charge is 2.28. The molecule has 0 spiro atoms. The fourth-order valence-electron chi connectivity index (χ4n) is 2.66. The molecule has 1 aromatic rings. The zero-order chi connectivity index (χ0) is 13.0. The Morgan fingerprint density at radius 3 is 2.78 bits per heavy atom. The normalized spacial score (nSPS) is 18.6. The average molecular weight is 266 g/mol. The van der Waals surface area contributed by atoms with Crippen LogP contribution < -0.4 is 5.32 Å². The molecule has 2 rings (SSSR count). The van der Waals surface area contributed by atoms with Gasteiger partial charge in [-0.15, -0.1) is 0 Å². The molecular weight excluding hydrogens is 242 g/mol. The maximum Gasteiger partial charge on any atom is 0.0408 e. The van der Waals surface area contributed by atoms with Crippen molar-refractivity contribution in [3.05, 3.63) is 34.9 Å². The summed E-state index contributed by atoms with van der Waals surface area (Å²) >= 11 is 6.07. The van der Waals surface area contributed by atoms with Crippen molar-refractivity contribution in [2.45, 2.75) is 52.0 Å². The summed E-state index contributed by atoms with van der Waals surface area (Å²) in [4.78, 5) is 0. The Hall–Kier alpha value is -0.530. The van der Waals surface area contributed by atoms with Crippen molar-refractivity contribution in [2.75, 3.05) is 6.54 Å². The Labute approximate surface area is 116 Å². The van der Waals surface area contributed by atoms with Crippen LogP contribution in [-0.4, -0.2) is 12.6 Å². The molecule has 1 aromatic carbocycles. The van der Waals surface area contributed by atoms with E-state index in [1.807, 2.05) is 6.07 Å². The third kappa shape index (κ3) is 4.29. The molecule has 0 bridgehead atoms. The second-order valence-electron chi connectivity index (χ2n) is 6.02. The van der Waals surface area contributed by atoms with Crippen LogP contribution in [0.1, 0.15) is 45.1 Å². The van der Waals surface area contributed by atoms with Crippen LogP contribution in [0, 0.1) is 5.41 Å². The predicted molar refractivity (Wildman–Crippen MR) is 79.2 cm³/mol. The fourth-order valence-corrected chi connectivity index (χ4v) is 2.87. The SMILES string of the molecule is CCCC(C)(CNC1CC1)Cc1cccc(Cl)c1. The van der Waals surface area contributed by atoms with Gasteiger partial charge in [-0.1, -0.05) is 44.0 Å². The maximum atomic E-state index is 6.07. The molecule has 100 valence electrons. The predicted octanol–water partition coefficient (Wildman–Crippen LogP) is 4.44. The third-order valence-electron chi connectivity index (χ3n) is 3.77. The zero-order valence-corrected chi connectivity index (χ0v) is 12.3. The summed E-state index contributed by atoms with van der Waals surface area (Å²) < 4.78 is 0. The number of benzene rings is 1. The quantitative estimate of drug-likeness (QED) is 0.769. The number of hydrogen-bond donors (Lipinski definition) is 1. The Morgan fingerprint density at radius 2 is 2.17 bits per heavy atom. The fraction of sp³-hybridized carbons (Fsp3) is 0.625. The average Bonchev–Trinajstić information content (AvgIpc) is 3.10. The summed E-state index contributed by atoms with van der Waals surface area (Å²) in [6.07, 6.45) is 6.34. The Morgan fingerprint density at radius 1 is 1.39 bits per heavy atom. The molecule has 0 amide bonds. The number of nitrogens with one attached hydrogen (secondary N) is 1. The van der Waals surface area contributed by atoms with E-state index in [0.717, 1.165) is 24.0 Å². The monoisotopic (exact) mass is 265 g/mol. The maximum absolute atomic E-state index is 6.07. The molecule has 1 aliphatic rings. The van der Waals surface area contributed by atoms with Crippen molar-refractivity contribution in [2.24, 2.45) is 5.41 Å². The largest absolute Gasteiger partial charge is 0.313 e. The van der Waals surface area contributed by atoms with Crippen molar-refractivity contribution in [1.29, 1.82) is 0 Å². The van der Waals surface area contributed by atoms with E-state index < -0.39 is 0 Å². The lowest BCUT2D eigenvalue weighted by molar-refractivity contribution is 0.274. The summed E-state index contributed by atoms with van der Waals surface area (Å²) in [5, 5.41) is 4.53. The standard InChI is InChI=1S/C16H24ClN/c1-3-9-16(2,12-18-15-7-8-15)11-13-5-4-6-14(17)10-13/h4-6,10,15,18H,3,7-9,11-12H2,1-2H3. The molecule has 18 heavy (non-hydrogen) atoms. The van der Waals surface area contributed by atoms with Crippen molar-refractivity contribution in [3.8, 4) is 0 Å². The van der Waals surface area contributed by atoms with E-state index >= 15 is 0 Å². The molecule has 1 atom stereocenters. The summed E-state index contributed by atoms with van der Waals surface area (Å²) in [6, 6.07) is 9.09. The van der Waals surface area contributed by atoms with Gasteiger partial charge in [0.1, 0.15) is 0 Å². The van der Waals surface area contributed by atoms with Gasteiger partial charge in [0.05, 0.1) is 0 Å². The van der Waals surface area contributed by atoms with Crippen molar-refractivity contribution >= 4 is 11.6 Å². The van der Waals surface area contributed by atoms with Gasteiger partial charge in [0.2, 0.25) is 0 Å². The highest BCUT2D eigenvalue weighted by atomic mass is 35.5. The molecule has 0 heterocycles. The van der Waals surface area contributed by atoms with Crippen LogP contribution in [0.5, 0.6) is 0 Å². The number of hydrogen-bond acceptors (Lipinski definition) is 1. The van der Waals surface area contributed by atoms with E-state index in [0.29, 0.717) is 5.41 Å². The molecule has 1 N–H and O–H groups in total. The van der Waals surface area contributed by atoms with Gasteiger partial charge in [-0.05, 0) is 48.8 Å². The number of halogens is 1. The van der Waals surface area contributed by atoms with Crippen LogP contribution in [0.2, 0.25) is 5.02 Å². The van der Waals surface area contributed by atoms with Crippen LogP contribution in [0.3, 0.4) is 0 Å². The molecule has 0 radical (unpaired) electrons. The molecule has 0 aliphatic heterocycles. The van der Waals surface area contributed by atoms with Crippen LogP contribution in [-0.2, 0) is 6.42 Å². The van der Waals surface area contributed by atoms with E-state index in [9.17, 15) is 0 Å². The van der Waals surface area contributed by atoms with E-state index in [2.05, 4.69) is 37.4 Å². The molecule has 1 saturated carbocycles. The van der Waals surface area contributed by atoms with Crippen molar-refractivity contribution < 1.29 is 0 Å². The van der Waals surface area contributed by atoms with Gasteiger partial charge >= 0.3 is 0 Å². The number of rotatable bonds is 7. The summed E-state index contributed by atoms with van der Waals surface area (Å²) in [6.45, 7) is 5.79. The minimum atomic E-state index is 0.349. The van der Waals surface area contributed by atoms with E-state index in [4.69, 9.17) is 11.6 Å². The van der Waals surface area contributed by atoms with Gasteiger partial charge in [0.15, 0.2) is 0 Å². The van der Waals surface area contributed by atoms with E-state index in [1.54, 1.807) is 0 Å². The minimum absolute atomic E-state index is 0.349. The van der Waals surface area contributed by atoms with Gasteiger partial charge in [0, 0.05) is 17.6 Å². The van der Waals surface area contributed by atoms with Crippen LogP contribution in [0.15, 0.2) is 24.3 Å². The van der Waals surface area contributed by atoms with Crippen LogP contribution in [0.25, 0.3) is 0 Å². The topological polar surface area (TPSA) is 12.0 Å². The van der Waals surface area contributed by atoms with Crippen molar-refractivity contribution in [3.63, 3.8) is 0 Å². The first kappa shape index (κ1) is 13.9. The summed E-state index contributed by atoms with van der Waals surface area (Å²) in [7, 11) is 0. The first-order chi connectivity index (χ1) is 8.61. The molecule has 1 nitrogen and oxygen atoms in total. The van der Waals surface area contributed by atoms with Crippen molar-refractivity contribution in [1.82, 2.24) is 5.32 Å². The highest BCUT2D eigenvalue weighted by Crippen LogP contribution is 2.30. The minimum Gasteiger partial charge on any atom is -0.313 e. The van der Waals surface area contributed by atoms with Gasteiger partial charge in [-0.25, -0.2) is 0 Å². The third-order valence-corrected chi connectivity index (χ3v) is 4.00. The lowest BCUT2D eigenvalue weighted by atomic mass is 9.79. The lowest BCUT2D eigenvalue weighted by Crippen LogP contribution is -2.34. The second-order valence-corrected chi connectivity index (χ2v) is 6.46. The molecule has 0 saturated heterocycles. The summed E-state index contributed by atoms with van der Waals surface area (Å²) in [5.41, 5.74) is 1.71. The van der Waals surface area contributed by atoms with Crippen LogP contribution in [0.4, 0.5) is 0 Å².